The summed E-state index contributed by atoms with van der Waals surface area (Å²) in [5.41, 5.74) is 5.58. The van der Waals surface area contributed by atoms with Gasteiger partial charge < -0.3 is 15.8 Å². The van der Waals surface area contributed by atoms with Gasteiger partial charge in [-0.1, -0.05) is 25.4 Å². The van der Waals surface area contributed by atoms with Crippen molar-refractivity contribution in [1.29, 1.82) is 0 Å². The average Bonchev–Trinajstić information content (AvgIpc) is 2.37. The SMILES string of the molecule is CC(C)COc1ccc(NC(=O)CSCC(N)=O)cc1Cl. The molecule has 0 heterocycles. The molecule has 0 atom stereocenters. The standard InChI is InChI=1S/C14H19ClN2O3S/c1-9(2)6-20-12-4-3-10(5-11(12)15)17-14(19)8-21-7-13(16)18/h3-5,9H,6-8H2,1-2H3,(H2,16,18)(H,17,19). The fraction of sp³-hybridized carbons (Fsp3) is 0.429. The third kappa shape index (κ3) is 7.24. The van der Waals surface area contributed by atoms with Gasteiger partial charge in [-0.15, -0.1) is 11.8 Å². The Hall–Kier alpha value is -1.40. The van der Waals surface area contributed by atoms with Crippen molar-refractivity contribution >= 4 is 40.9 Å². The Morgan fingerprint density at radius 2 is 2.10 bits per heavy atom. The first kappa shape index (κ1) is 17.7. The van der Waals surface area contributed by atoms with Gasteiger partial charge >= 0.3 is 0 Å². The van der Waals surface area contributed by atoms with E-state index in [0.717, 1.165) is 11.8 Å². The van der Waals surface area contributed by atoms with Gasteiger partial charge in [0.1, 0.15) is 5.75 Å². The van der Waals surface area contributed by atoms with Crippen molar-refractivity contribution < 1.29 is 14.3 Å². The van der Waals surface area contributed by atoms with Gasteiger partial charge in [0.25, 0.3) is 0 Å². The second kappa shape index (κ2) is 8.79. The fourth-order valence-electron chi connectivity index (χ4n) is 1.39. The van der Waals surface area contributed by atoms with Crippen LogP contribution in [0.2, 0.25) is 5.02 Å². The van der Waals surface area contributed by atoms with Crippen LogP contribution in [0.5, 0.6) is 5.75 Å². The molecule has 0 fully saturated rings. The fourth-order valence-corrected chi connectivity index (χ4v) is 2.19. The van der Waals surface area contributed by atoms with Crippen LogP contribution in [0.1, 0.15) is 13.8 Å². The van der Waals surface area contributed by atoms with E-state index in [9.17, 15) is 9.59 Å². The van der Waals surface area contributed by atoms with Crippen LogP contribution in [0.25, 0.3) is 0 Å². The molecule has 0 unspecified atom stereocenters. The Morgan fingerprint density at radius 1 is 1.38 bits per heavy atom. The van der Waals surface area contributed by atoms with Gasteiger partial charge in [-0.3, -0.25) is 9.59 Å². The maximum absolute atomic E-state index is 11.6. The number of amides is 2. The van der Waals surface area contributed by atoms with E-state index in [1.165, 1.54) is 0 Å². The van der Waals surface area contributed by atoms with Crippen molar-refractivity contribution in [1.82, 2.24) is 0 Å². The van der Waals surface area contributed by atoms with E-state index in [-0.39, 0.29) is 17.4 Å². The van der Waals surface area contributed by atoms with Gasteiger partial charge in [-0.05, 0) is 24.1 Å². The highest BCUT2D eigenvalue weighted by Gasteiger charge is 2.08. The lowest BCUT2D eigenvalue weighted by atomic mass is 10.2. The largest absolute Gasteiger partial charge is 0.492 e. The third-order valence-corrected chi connectivity index (χ3v) is 3.52. The first-order chi connectivity index (χ1) is 9.88. The number of hydrogen-bond donors (Lipinski definition) is 2. The summed E-state index contributed by atoms with van der Waals surface area (Å²) < 4.78 is 5.55. The summed E-state index contributed by atoms with van der Waals surface area (Å²) in [5.74, 6) is 0.618. The molecule has 5 nitrogen and oxygen atoms in total. The number of halogens is 1. The summed E-state index contributed by atoms with van der Waals surface area (Å²) >= 11 is 7.26. The van der Waals surface area contributed by atoms with E-state index < -0.39 is 5.91 Å². The Morgan fingerprint density at radius 3 is 2.67 bits per heavy atom. The van der Waals surface area contributed by atoms with Gasteiger partial charge in [-0.2, -0.15) is 0 Å². The molecule has 0 aliphatic rings. The molecule has 1 aromatic rings. The summed E-state index contributed by atoms with van der Waals surface area (Å²) in [6, 6.07) is 5.07. The molecule has 0 aliphatic carbocycles. The van der Waals surface area contributed by atoms with E-state index in [0.29, 0.717) is 29.0 Å². The van der Waals surface area contributed by atoms with Crippen molar-refractivity contribution in [2.24, 2.45) is 11.7 Å². The second-order valence-corrected chi connectivity index (χ2v) is 6.25. The molecule has 7 heteroatoms. The summed E-state index contributed by atoms with van der Waals surface area (Å²) in [7, 11) is 0. The number of primary amides is 1. The maximum atomic E-state index is 11.6. The molecule has 2 amide bonds. The molecular weight excluding hydrogens is 312 g/mol. The molecule has 0 saturated heterocycles. The van der Waals surface area contributed by atoms with Crippen LogP contribution in [0.4, 0.5) is 5.69 Å². The van der Waals surface area contributed by atoms with Crippen molar-refractivity contribution in [2.45, 2.75) is 13.8 Å². The summed E-state index contributed by atoms with van der Waals surface area (Å²) in [6.07, 6.45) is 0. The predicted octanol–water partition coefficient (Wildman–Crippen LogP) is 2.53. The average molecular weight is 331 g/mol. The number of benzene rings is 1. The molecule has 3 N–H and O–H groups in total. The smallest absolute Gasteiger partial charge is 0.234 e. The van der Waals surface area contributed by atoms with Crippen LogP contribution in [-0.4, -0.2) is 29.9 Å². The normalized spacial score (nSPS) is 10.5. The first-order valence-electron chi connectivity index (χ1n) is 6.46. The Labute approximate surface area is 133 Å². The van der Waals surface area contributed by atoms with E-state index in [4.69, 9.17) is 22.1 Å². The van der Waals surface area contributed by atoms with Crippen LogP contribution in [-0.2, 0) is 9.59 Å². The van der Waals surface area contributed by atoms with Crippen molar-refractivity contribution in [3.63, 3.8) is 0 Å². The van der Waals surface area contributed by atoms with Crippen LogP contribution >= 0.6 is 23.4 Å². The molecule has 1 aromatic carbocycles. The van der Waals surface area contributed by atoms with E-state index >= 15 is 0 Å². The lowest BCUT2D eigenvalue weighted by Gasteiger charge is -2.11. The molecule has 0 saturated carbocycles. The number of thioether (sulfide) groups is 1. The molecule has 0 aliphatic heterocycles. The zero-order valence-corrected chi connectivity index (χ0v) is 13.6. The Balaban J connectivity index is 2.51. The number of nitrogens with two attached hydrogens (primary N) is 1. The number of carbonyl (C=O) groups is 2. The number of ether oxygens (including phenoxy) is 1. The van der Waals surface area contributed by atoms with Crippen molar-refractivity contribution in [3.05, 3.63) is 23.2 Å². The molecule has 21 heavy (non-hydrogen) atoms. The van der Waals surface area contributed by atoms with E-state index in [2.05, 4.69) is 5.32 Å². The zero-order chi connectivity index (χ0) is 15.8. The molecule has 116 valence electrons. The molecule has 0 aromatic heterocycles. The van der Waals surface area contributed by atoms with Crippen LogP contribution in [0.15, 0.2) is 18.2 Å². The minimum atomic E-state index is -0.442. The Bertz CT molecular complexity index is 509. The number of anilines is 1. The lowest BCUT2D eigenvalue weighted by Crippen LogP contribution is -2.18. The molecular formula is C14H19ClN2O3S. The van der Waals surface area contributed by atoms with E-state index in [1.54, 1.807) is 18.2 Å². The van der Waals surface area contributed by atoms with Crippen LogP contribution < -0.4 is 15.8 Å². The lowest BCUT2D eigenvalue weighted by molar-refractivity contribution is -0.115. The summed E-state index contributed by atoms with van der Waals surface area (Å²) in [6.45, 7) is 4.67. The minimum Gasteiger partial charge on any atom is -0.492 e. The first-order valence-corrected chi connectivity index (χ1v) is 8.00. The highest BCUT2D eigenvalue weighted by atomic mass is 35.5. The third-order valence-electron chi connectivity index (χ3n) is 2.27. The zero-order valence-electron chi connectivity index (χ0n) is 12.0. The van der Waals surface area contributed by atoms with Crippen LogP contribution in [0.3, 0.4) is 0 Å². The van der Waals surface area contributed by atoms with Gasteiger partial charge in [0.05, 0.1) is 23.1 Å². The number of carbonyl (C=O) groups excluding carboxylic acids is 2. The summed E-state index contributed by atoms with van der Waals surface area (Å²) in [4.78, 5) is 22.2. The van der Waals surface area contributed by atoms with Crippen molar-refractivity contribution in [3.8, 4) is 5.75 Å². The Kier molecular flexibility index (Phi) is 7.39. The predicted molar refractivity (Wildman–Crippen MR) is 86.9 cm³/mol. The van der Waals surface area contributed by atoms with Gasteiger partial charge in [0, 0.05) is 5.69 Å². The van der Waals surface area contributed by atoms with E-state index in [1.807, 2.05) is 13.8 Å². The number of nitrogens with one attached hydrogen (secondary N) is 1. The van der Waals surface area contributed by atoms with Gasteiger partial charge in [0.2, 0.25) is 11.8 Å². The number of rotatable bonds is 8. The monoisotopic (exact) mass is 330 g/mol. The quantitative estimate of drug-likeness (QED) is 0.767. The highest BCUT2D eigenvalue weighted by molar-refractivity contribution is 8.00. The van der Waals surface area contributed by atoms with Crippen molar-refractivity contribution in [2.75, 3.05) is 23.4 Å². The molecule has 0 bridgehead atoms. The molecule has 0 spiro atoms. The highest BCUT2D eigenvalue weighted by Crippen LogP contribution is 2.28. The second-order valence-electron chi connectivity index (χ2n) is 4.86. The topological polar surface area (TPSA) is 81.4 Å². The summed E-state index contributed by atoms with van der Waals surface area (Å²) in [5, 5.41) is 3.14. The van der Waals surface area contributed by atoms with Gasteiger partial charge in [-0.25, -0.2) is 0 Å². The maximum Gasteiger partial charge on any atom is 0.234 e. The van der Waals surface area contributed by atoms with Crippen LogP contribution in [0, 0.1) is 5.92 Å². The number of hydrogen-bond acceptors (Lipinski definition) is 4. The van der Waals surface area contributed by atoms with Gasteiger partial charge in [0.15, 0.2) is 0 Å². The minimum absolute atomic E-state index is 0.121. The molecule has 0 radical (unpaired) electrons. The molecule has 1 rings (SSSR count).